The summed E-state index contributed by atoms with van der Waals surface area (Å²) < 4.78 is 10.8. The number of likely N-dealkylation sites (N-methyl/N-ethyl adjacent to an activating group) is 1. The summed E-state index contributed by atoms with van der Waals surface area (Å²) in [6, 6.07) is 12.8. The summed E-state index contributed by atoms with van der Waals surface area (Å²) in [4.78, 5) is 33.2. The number of piperazine rings is 1. The van der Waals surface area contributed by atoms with Crippen LogP contribution in [-0.4, -0.2) is 68.6 Å². The summed E-state index contributed by atoms with van der Waals surface area (Å²) in [5.74, 6) is 0.494. The zero-order valence-corrected chi connectivity index (χ0v) is 19.1. The molecule has 2 aromatic rings. The van der Waals surface area contributed by atoms with E-state index in [1.807, 2.05) is 37.3 Å². The first-order chi connectivity index (χ1) is 15.5. The van der Waals surface area contributed by atoms with Gasteiger partial charge in [0.05, 0.1) is 25.5 Å². The molecule has 2 heterocycles. The third-order valence-corrected chi connectivity index (χ3v) is 6.22. The van der Waals surface area contributed by atoms with Gasteiger partial charge in [0.2, 0.25) is 0 Å². The van der Waals surface area contributed by atoms with E-state index in [1.165, 1.54) is 4.90 Å². The molecule has 0 radical (unpaired) electrons. The van der Waals surface area contributed by atoms with Gasteiger partial charge in [0.15, 0.2) is 11.5 Å². The van der Waals surface area contributed by atoms with Crippen molar-refractivity contribution in [3.8, 4) is 11.5 Å². The van der Waals surface area contributed by atoms with E-state index in [2.05, 4.69) is 16.7 Å². The van der Waals surface area contributed by atoms with Crippen molar-refractivity contribution in [3.05, 3.63) is 59.3 Å². The second kappa shape index (κ2) is 9.04. The van der Waals surface area contributed by atoms with Gasteiger partial charge < -0.3 is 19.3 Å². The lowest BCUT2D eigenvalue weighted by Crippen LogP contribution is -2.47. The number of para-hydroxylation sites is 1. The molecule has 2 aromatic carbocycles. The molecule has 0 N–H and O–H groups in total. The van der Waals surface area contributed by atoms with Crippen LogP contribution in [0.5, 0.6) is 11.5 Å². The molecular weight excluding hydrogens is 406 g/mol. The minimum Gasteiger partial charge on any atom is -0.493 e. The zero-order valence-electron chi connectivity index (χ0n) is 19.1. The molecule has 32 heavy (non-hydrogen) atoms. The molecule has 0 aromatic heterocycles. The maximum Gasteiger partial charge on any atom is 0.282 e. The van der Waals surface area contributed by atoms with E-state index in [0.29, 0.717) is 47.1 Å². The number of anilines is 1. The Morgan fingerprint density at radius 3 is 2.19 bits per heavy atom. The van der Waals surface area contributed by atoms with Crippen molar-refractivity contribution in [2.75, 3.05) is 51.8 Å². The molecule has 1 fully saturated rings. The maximum atomic E-state index is 13.7. The molecule has 2 aliphatic heterocycles. The number of aryl methyl sites for hydroxylation is 1. The van der Waals surface area contributed by atoms with Crippen LogP contribution < -0.4 is 14.4 Å². The third-order valence-electron chi connectivity index (χ3n) is 6.22. The summed E-state index contributed by atoms with van der Waals surface area (Å²) in [6.07, 6.45) is 0. The lowest BCUT2D eigenvalue weighted by atomic mass is 10.0. The van der Waals surface area contributed by atoms with Gasteiger partial charge in [-0.05, 0) is 42.8 Å². The second-order valence-electron chi connectivity index (χ2n) is 7.95. The highest BCUT2D eigenvalue weighted by atomic mass is 16.5. The van der Waals surface area contributed by atoms with E-state index < -0.39 is 0 Å². The van der Waals surface area contributed by atoms with Crippen LogP contribution in [0.3, 0.4) is 0 Å². The average Bonchev–Trinajstić information content (AvgIpc) is 3.08. The van der Waals surface area contributed by atoms with Gasteiger partial charge in [-0.15, -0.1) is 0 Å². The third kappa shape index (κ3) is 3.73. The number of carbonyl (C=O) groups is 2. The SMILES string of the molecule is CCN1CCN(C2=C(c3ccc(OC)c(OC)c3)C(=O)N(c3ccccc3C)C2=O)CC1. The number of ether oxygens (including phenoxy) is 2. The fraction of sp³-hybridized carbons (Fsp3) is 0.360. The molecule has 0 atom stereocenters. The number of rotatable bonds is 6. The highest BCUT2D eigenvalue weighted by Gasteiger charge is 2.43. The van der Waals surface area contributed by atoms with Gasteiger partial charge in [-0.3, -0.25) is 9.59 Å². The number of imide groups is 1. The molecule has 0 saturated carbocycles. The van der Waals surface area contributed by atoms with E-state index in [9.17, 15) is 9.59 Å². The Bertz CT molecular complexity index is 1070. The minimum absolute atomic E-state index is 0.279. The van der Waals surface area contributed by atoms with Gasteiger partial charge in [-0.2, -0.15) is 0 Å². The molecule has 2 aliphatic rings. The molecular formula is C25H29N3O4. The van der Waals surface area contributed by atoms with Gasteiger partial charge >= 0.3 is 0 Å². The van der Waals surface area contributed by atoms with Crippen LogP contribution in [0, 0.1) is 6.92 Å². The van der Waals surface area contributed by atoms with Crippen molar-refractivity contribution in [1.82, 2.24) is 9.80 Å². The fourth-order valence-electron chi connectivity index (χ4n) is 4.38. The molecule has 2 amide bonds. The number of nitrogens with zero attached hydrogens (tertiary/aromatic N) is 3. The fourth-order valence-corrected chi connectivity index (χ4v) is 4.38. The first-order valence-corrected chi connectivity index (χ1v) is 10.9. The maximum absolute atomic E-state index is 13.7. The van der Waals surface area contributed by atoms with E-state index in [0.717, 1.165) is 25.2 Å². The van der Waals surface area contributed by atoms with Crippen molar-refractivity contribution < 1.29 is 19.1 Å². The summed E-state index contributed by atoms with van der Waals surface area (Å²) in [6.45, 7) is 8.10. The zero-order chi connectivity index (χ0) is 22.8. The number of benzene rings is 2. The Morgan fingerprint density at radius 1 is 0.875 bits per heavy atom. The molecule has 0 spiro atoms. The Hall–Kier alpha value is -3.32. The smallest absolute Gasteiger partial charge is 0.282 e. The number of hydrogen-bond acceptors (Lipinski definition) is 6. The van der Waals surface area contributed by atoms with Crippen LogP contribution in [0.15, 0.2) is 48.2 Å². The molecule has 0 bridgehead atoms. The number of methoxy groups -OCH3 is 2. The molecule has 7 nitrogen and oxygen atoms in total. The van der Waals surface area contributed by atoms with Crippen molar-refractivity contribution in [2.45, 2.75) is 13.8 Å². The van der Waals surface area contributed by atoms with E-state index >= 15 is 0 Å². The Morgan fingerprint density at radius 2 is 1.56 bits per heavy atom. The quantitative estimate of drug-likeness (QED) is 0.651. The highest BCUT2D eigenvalue weighted by molar-refractivity contribution is 6.45. The standard InChI is InChI=1S/C25H29N3O4/c1-5-26-12-14-27(15-13-26)23-22(18-10-11-20(31-3)21(16-18)32-4)24(29)28(25(23)30)19-9-7-6-8-17(19)2/h6-11,16H,5,12-15H2,1-4H3. The van der Waals surface area contributed by atoms with E-state index in [1.54, 1.807) is 26.4 Å². The first kappa shape index (κ1) is 21.9. The molecule has 7 heteroatoms. The van der Waals surface area contributed by atoms with Gasteiger partial charge in [0.1, 0.15) is 5.70 Å². The first-order valence-electron chi connectivity index (χ1n) is 10.9. The van der Waals surface area contributed by atoms with Crippen molar-refractivity contribution >= 4 is 23.1 Å². The molecule has 1 saturated heterocycles. The van der Waals surface area contributed by atoms with Crippen LogP contribution in [0.1, 0.15) is 18.1 Å². The topological polar surface area (TPSA) is 62.3 Å². The number of hydrogen-bond donors (Lipinski definition) is 0. The van der Waals surface area contributed by atoms with Crippen LogP contribution in [-0.2, 0) is 9.59 Å². The Kier molecular flexibility index (Phi) is 6.19. The van der Waals surface area contributed by atoms with Gasteiger partial charge in [-0.25, -0.2) is 4.90 Å². The minimum atomic E-state index is -0.315. The Labute approximate surface area is 188 Å². The van der Waals surface area contributed by atoms with Crippen LogP contribution in [0.2, 0.25) is 0 Å². The normalized spacial score (nSPS) is 17.4. The molecule has 0 aliphatic carbocycles. The van der Waals surface area contributed by atoms with Crippen molar-refractivity contribution in [1.29, 1.82) is 0 Å². The van der Waals surface area contributed by atoms with Gasteiger partial charge in [0.25, 0.3) is 11.8 Å². The lowest BCUT2D eigenvalue weighted by Gasteiger charge is -2.36. The number of carbonyl (C=O) groups excluding carboxylic acids is 2. The predicted molar refractivity (Wildman–Crippen MR) is 124 cm³/mol. The summed E-state index contributed by atoms with van der Waals surface area (Å²) >= 11 is 0. The predicted octanol–water partition coefficient (Wildman–Crippen LogP) is 2.93. The second-order valence-corrected chi connectivity index (χ2v) is 7.95. The van der Waals surface area contributed by atoms with Crippen LogP contribution >= 0.6 is 0 Å². The molecule has 4 rings (SSSR count). The molecule has 168 valence electrons. The summed E-state index contributed by atoms with van der Waals surface area (Å²) in [5, 5.41) is 0. The van der Waals surface area contributed by atoms with Crippen LogP contribution in [0.25, 0.3) is 5.57 Å². The van der Waals surface area contributed by atoms with E-state index in [4.69, 9.17) is 9.47 Å². The molecule has 0 unspecified atom stereocenters. The lowest BCUT2D eigenvalue weighted by molar-refractivity contribution is -0.120. The van der Waals surface area contributed by atoms with Crippen LogP contribution in [0.4, 0.5) is 5.69 Å². The Balaban J connectivity index is 1.83. The van der Waals surface area contributed by atoms with Crippen molar-refractivity contribution in [2.24, 2.45) is 0 Å². The van der Waals surface area contributed by atoms with Gasteiger partial charge in [-0.1, -0.05) is 31.2 Å². The number of amides is 2. The van der Waals surface area contributed by atoms with Gasteiger partial charge in [0, 0.05) is 26.2 Å². The van der Waals surface area contributed by atoms with Crippen molar-refractivity contribution in [3.63, 3.8) is 0 Å². The highest BCUT2D eigenvalue weighted by Crippen LogP contribution is 2.39. The largest absolute Gasteiger partial charge is 0.493 e. The summed E-state index contributed by atoms with van der Waals surface area (Å²) in [7, 11) is 3.13. The monoisotopic (exact) mass is 435 g/mol. The van der Waals surface area contributed by atoms with E-state index in [-0.39, 0.29) is 11.8 Å². The summed E-state index contributed by atoms with van der Waals surface area (Å²) in [5.41, 5.74) is 3.00. The average molecular weight is 436 g/mol.